The molecule has 0 unspecified atom stereocenters. The molecule has 1 fully saturated rings. The van der Waals surface area contributed by atoms with Crippen LogP contribution in [0.3, 0.4) is 0 Å². The SMILES string of the molecule is C=C(c1ccc(NC(=O)/C(C=NCC)=C/C)cc1)N1CCCC(c2ccc(OC)c(CC3CCCC3)c2)=N1. The molecule has 1 N–H and O–H groups in total. The van der Waals surface area contributed by atoms with Gasteiger partial charge in [0.25, 0.3) is 5.91 Å². The minimum absolute atomic E-state index is 0.173. The monoisotopic (exact) mass is 512 g/mol. The van der Waals surface area contributed by atoms with E-state index in [-0.39, 0.29) is 5.91 Å². The minimum atomic E-state index is -0.173. The molecule has 38 heavy (non-hydrogen) atoms. The fraction of sp³-hybridized carbons (Fsp3) is 0.406. The Morgan fingerprint density at radius 2 is 1.95 bits per heavy atom. The smallest absolute Gasteiger partial charge is 0.256 e. The third-order valence-electron chi connectivity index (χ3n) is 7.40. The first-order valence-electron chi connectivity index (χ1n) is 13.8. The number of aliphatic imine (C=N–C) groups is 1. The van der Waals surface area contributed by atoms with Crippen LogP contribution >= 0.6 is 0 Å². The molecule has 2 aliphatic rings. The third kappa shape index (κ3) is 6.80. The van der Waals surface area contributed by atoms with E-state index in [1.54, 1.807) is 19.4 Å². The molecular weight excluding hydrogens is 472 g/mol. The van der Waals surface area contributed by atoms with Crippen LogP contribution in [0.5, 0.6) is 5.75 Å². The van der Waals surface area contributed by atoms with Gasteiger partial charge in [0, 0.05) is 25.0 Å². The molecule has 1 aliphatic carbocycles. The maximum Gasteiger partial charge on any atom is 0.256 e. The van der Waals surface area contributed by atoms with Gasteiger partial charge in [-0.3, -0.25) is 14.8 Å². The molecule has 0 spiro atoms. The van der Waals surface area contributed by atoms with Gasteiger partial charge in [-0.25, -0.2) is 0 Å². The second kappa shape index (κ2) is 13.2. The first-order valence-corrected chi connectivity index (χ1v) is 13.8. The van der Waals surface area contributed by atoms with E-state index in [1.807, 2.05) is 43.1 Å². The lowest BCUT2D eigenvalue weighted by Crippen LogP contribution is -2.25. The van der Waals surface area contributed by atoms with Crippen molar-refractivity contribution < 1.29 is 9.53 Å². The summed E-state index contributed by atoms with van der Waals surface area (Å²) in [4.78, 5) is 16.7. The summed E-state index contributed by atoms with van der Waals surface area (Å²) >= 11 is 0. The molecule has 200 valence electrons. The van der Waals surface area contributed by atoms with Crippen LogP contribution in [-0.4, -0.2) is 43.0 Å². The number of anilines is 1. The van der Waals surface area contributed by atoms with Crippen LogP contribution in [0.15, 0.2) is 70.8 Å². The molecule has 1 saturated carbocycles. The highest BCUT2D eigenvalue weighted by Crippen LogP contribution is 2.32. The van der Waals surface area contributed by atoms with E-state index in [1.165, 1.54) is 36.8 Å². The number of nitrogens with one attached hydrogen (secondary N) is 1. The number of hydrazone groups is 1. The average molecular weight is 513 g/mol. The number of hydrogen-bond donors (Lipinski definition) is 1. The summed E-state index contributed by atoms with van der Waals surface area (Å²) < 4.78 is 5.69. The lowest BCUT2D eigenvalue weighted by molar-refractivity contribution is -0.112. The Labute approximate surface area is 227 Å². The zero-order valence-electron chi connectivity index (χ0n) is 23.0. The van der Waals surface area contributed by atoms with Crippen molar-refractivity contribution in [3.05, 3.63) is 77.4 Å². The van der Waals surface area contributed by atoms with Crippen molar-refractivity contribution in [3.63, 3.8) is 0 Å². The zero-order valence-corrected chi connectivity index (χ0v) is 23.0. The molecule has 6 nitrogen and oxygen atoms in total. The number of methoxy groups -OCH3 is 1. The van der Waals surface area contributed by atoms with Crippen molar-refractivity contribution >= 4 is 29.2 Å². The van der Waals surface area contributed by atoms with Gasteiger partial charge in [-0.05, 0) is 86.1 Å². The highest BCUT2D eigenvalue weighted by molar-refractivity contribution is 6.17. The van der Waals surface area contributed by atoms with Crippen molar-refractivity contribution in [2.75, 3.05) is 25.5 Å². The van der Waals surface area contributed by atoms with Crippen molar-refractivity contribution in [1.82, 2.24) is 5.01 Å². The molecule has 0 atom stereocenters. The molecule has 1 amide bonds. The molecule has 4 rings (SSSR count). The van der Waals surface area contributed by atoms with Crippen molar-refractivity contribution in [1.29, 1.82) is 0 Å². The summed E-state index contributed by atoms with van der Waals surface area (Å²) in [5, 5.41) is 9.95. The highest BCUT2D eigenvalue weighted by Gasteiger charge is 2.21. The number of ether oxygens (including phenoxy) is 1. The van der Waals surface area contributed by atoms with Gasteiger partial charge in [0.05, 0.1) is 24.1 Å². The quantitative estimate of drug-likeness (QED) is 0.279. The van der Waals surface area contributed by atoms with Crippen molar-refractivity contribution in [2.24, 2.45) is 16.0 Å². The normalized spacial score (nSPS) is 16.6. The van der Waals surface area contributed by atoms with E-state index in [0.717, 1.165) is 60.1 Å². The summed E-state index contributed by atoms with van der Waals surface area (Å²) in [6, 6.07) is 14.3. The maximum absolute atomic E-state index is 12.5. The molecule has 0 radical (unpaired) electrons. The van der Waals surface area contributed by atoms with Crippen LogP contribution in [-0.2, 0) is 11.2 Å². The topological polar surface area (TPSA) is 66.3 Å². The van der Waals surface area contributed by atoms with Gasteiger partial charge in [-0.15, -0.1) is 0 Å². The Morgan fingerprint density at radius 1 is 1.18 bits per heavy atom. The molecule has 1 heterocycles. The summed E-state index contributed by atoms with van der Waals surface area (Å²) in [6.07, 6.45) is 11.7. The van der Waals surface area contributed by atoms with E-state index in [4.69, 9.17) is 9.84 Å². The highest BCUT2D eigenvalue weighted by atomic mass is 16.5. The minimum Gasteiger partial charge on any atom is -0.496 e. The number of hydrogen-bond acceptors (Lipinski definition) is 5. The third-order valence-corrected chi connectivity index (χ3v) is 7.40. The van der Waals surface area contributed by atoms with Gasteiger partial charge in [-0.1, -0.05) is 50.5 Å². The Morgan fingerprint density at radius 3 is 2.63 bits per heavy atom. The maximum atomic E-state index is 12.5. The molecule has 2 aromatic carbocycles. The van der Waals surface area contributed by atoms with Gasteiger partial charge in [-0.2, -0.15) is 5.10 Å². The van der Waals surface area contributed by atoms with Crippen molar-refractivity contribution in [2.45, 2.75) is 58.8 Å². The molecular formula is C32H40N4O2. The predicted molar refractivity (Wildman–Crippen MR) is 158 cm³/mol. The van der Waals surface area contributed by atoms with Gasteiger partial charge in [0.15, 0.2) is 0 Å². The molecule has 0 saturated heterocycles. The molecule has 0 bridgehead atoms. The Bertz CT molecular complexity index is 1220. The largest absolute Gasteiger partial charge is 0.496 e. The average Bonchev–Trinajstić information content (AvgIpc) is 3.46. The number of carbonyl (C=O) groups is 1. The number of carbonyl (C=O) groups excluding carboxylic acids is 1. The number of amides is 1. The van der Waals surface area contributed by atoms with Gasteiger partial charge >= 0.3 is 0 Å². The first-order chi connectivity index (χ1) is 18.5. The zero-order chi connectivity index (χ0) is 26.9. The fourth-order valence-electron chi connectivity index (χ4n) is 5.23. The van der Waals surface area contributed by atoms with E-state index in [0.29, 0.717) is 12.1 Å². The van der Waals surface area contributed by atoms with Crippen LogP contribution in [0, 0.1) is 5.92 Å². The van der Waals surface area contributed by atoms with E-state index in [2.05, 4.69) is 35.1 Å². The van der Waals surface area contributed by atoms with Crippen LogP contribution in [0.4, 0.5) is 5.69 Å². The van der Waals surface area contributed by atoms with Crippen molar-refractivity contribution in [3.8, 4) is 5.75 Å². The standard InChI is InChI=1S/C32H40N4O2/c1-5-25(22-33-6-2)32(37)34-29-16-13-26(14-17-29)23(3)36-19-9-12-30(35-36)27-15-18-31(38-4)28(21-27)20-24-10-7-8-11-24/h5,13-18,21-22,24H,3,6-12,19-20H2,1-2,4H3,(H,34,37)/b25-5+,33-22?. The van der Waals surface area contributed by atoms with Crippen LogP contribution in [0.2, 0.25) is 0 Å². The van der Waals surface area contributed by atoms with E-state index in [9.17, 15) is 4.79 Å². The van der Waals surface area contributed by atoms with Crippen LogP contribution in [0.25, 0.3) is 5.70 Å². The lowest BCUT2D eigenvalue weighted by atomic mass is 9.94. The van der Waals surface area contributed by atoms with Gasteiger partial charge < -0.3 is 10.1 Å². The predicted octanol–water partition coefficient (Wildman–Crippen LogP) is 6.87. The Hall–Kier alpha value is -3.67. The number of nitrogens with zero attached hydrogens (tertiary/aromatic N) is 3. The molecule has 6 heteroatoms. The van der Waals surface area contributed by atoms with Crippen LogP contribution in [0.1, 0.15) is 69.1 Å². The summed E-state index contributed by atoms with van der Waals surface area (Å²) in [6.45, 7) is 9.58. The Kier molecular flexibility index (Phi) is 9.52. The lowest BCUT2D eigenvalue weighted by Gasteiger charge is -2.27. The van der Waals surface area contributed by atoms with Crippen LogP contribution < -0.4 is 10.1 Å². The molecule has 0 aromatic heterocycles. The van der Waals surface area contributed by atoms with E-state index >= 15 is 0 Å². The fourth-order valence-corrected chi connectivity index (χ4v) is 5.23. The molecule has 2 aromatic rings. The number of allylic oxidation sites excluding steroid dienone is 1. The second-order valence-corrected chi connectivity index (χ2v) is 10.0. The Balaban J connectivity index is 1.46. The second-order valence-electron chi connectivity index (χ2n) is 10.0. The number of benzene rings is 2. The summed E-state index contributed by atoms with van der Waals surface area (Å²) in [5.74, 6) is 1.56. The van der Waals surface area contributed by atoms with E-state index < -0.39 is 0 Å². The summed E-state index contributed by atoms with van der Waals surface area (Å²) in [7, 11) is 1.76. The summed E-state index contributed by atoms with van der Waals surface area (Å²) in [5.41, 5.74) is 6.64. The molecule has 1 aliphatic heterocycles. The number of rotatable bonds is 10. The van der Waals surface area contributed by atoms with Gasteiger partial charge in [0.1, 0.15) is 5.75 Å². The van der Waals surface area contributed by atoms with Gasteiger partial charge in [0.2, 0.25) is 0 Å². The first kappa shape index (κ1) is 27.4.